The van der Waals surface area contributed by atoms with Crippen molar-refractivity contribution >= 4 is 10.8 Å². The third kappa shape index (κ3) is 6.90. The van der Waals surface area contributed by atoms with Crippen LogP contribution >= 0.6 is 0 Å². The van der Waals surface area contributed by atoms with Crippen molar-refractivity contribution in [2.75, 3.05) is 0 Å². The van der Waals surface area contributed by atoms with Crippen LogP contribution in [0.4, 0.5) is 0 Å². The Morgan fingerprint density at radius 3 is 1.88 bits per heavy atom. The van der Waals surface area contributed by atoms with Crippen LogP contribution in [0, 0.1) is 0 Å². The molecule has 0 fully saturated rings. The smallest absolute Gasteiger partial charge is 0 e. The van der Waals surface area contributed by atoms with Crippen LogP contribution < -0.4 is 0 Å². The Morgan fingerprint density at radius 2 is 1.38 bits per heavy atom. The minimum absolute atomic E-state index is 0. The molecule has 0 amide bonds. The molecule has 0 aliphatic heterocycles. The molecule has 0 spiro atoms. The van der Waals surface area contributed by atoms with Gasteiger partial charge in [-0.2, -0.15) is 17.5 Å². The maximum absolute atomic E-state index is 3.12. The first-order chi connectivity index (χ1) is 7.29. The molecular weight excluding hydrogens is 372 g/mol. The fourth-order valence-electron chi connectivity index (χ4n) is 1.07. The molecule has 0 saturated carbocycles. The Bertz CT molecular complexity index is 409. The minimum atomic E-state index is 0. The van der Waals surface area contributed by atoms with Crippen LogP contribution in [0.15, 0.2) is 80.2 Å². The molecule has 16 heavy (non-hydrogen) atoms. The third-order valence-corrected chi connectivity index (χ3v) is 1.55. The number of rotatable bonds is 0. The Morgan fingerprint density at radius 1 is 0.875 bits per heavy atom. The van der Waals surface area contributed by atoms with Crippen molar-refractivity contribution in [3.8, 4) is 0 Å². The largest absolute Gasteiger partial charge is 0.168 e. The molecule has 0 bridgehead atoms. The van der Waals surface area contributed by atoms with E-state index in [1.54, 1.807) is 0 Å². The van der Waals surface area contributed by atoms with Crippen LogP contribution in [0.25, 0.3) is 10.8 Å². The number of hydrogen-bond acceptors (Lipinski definition) is 0. The van der Waals surface area contributed by atoms with Crippen molar-refractivity contribution < 1.29 is 20.1 Å². The molecule has 0 heterocycles. The van der Waals surface area contributed by atoms with Gasteiger partial charge < -0.3 is 0 Å². The Balaban J connectivity index is 0. The van der Waals surface area contributed by atoms with E-state index in [0.717, 1.165) is 0 Å². The summed E-state index contributed by atoms with van der Waals surface area (Å²) in [6.07, 6.45) is 0. The fourth-order valence-corrected chi connectivity index (χ4v) is 1.07. The standard InChI is InChI=1S/C9H7.2C3H4.Ir/c1-2-5-9-7-3-6-8(9)4-1;2*1-3-2;/h1-7H;2*1-2H2;/q-1;;;. The first kappa shape index (κ1) is 16.9. The van der Waals surface area contributed by atoms with Crippen molar-refractivity contribution in [2.45, 2.75) is 0 Å². The zero-order valence-electron chi connectivity index (χ0n) is 9.20. The SMILES string of the molecule is C=C=C.C=C=C.[Ir].c1ccc2[cH-]ccc2c1. The van der Waals surface area contributed by atoms with Crippen molar-refractivity contribution in [1.82, 2.24) is 0 Å². The topological polar surface area (TPSA) is 0 Å². The average molecular weight is 388 g/mol. The summed E-state index contributed by atoms with van der Waals surface area (Å²) >= 11 is 0. The molecule has 0 N–H and O–H groups in total. The predicted molar refractivity (Wildman–Crippen MR) is 69.1 cm³/mol. The molecule has 1 radical (unpaired) electrons. The molecule has 0 aromatic heterocycles. The summed E-state index contributed by atoms with van der Waals surface area (Å²) in [5, 5.41) is 2.66. The predicted octanol–water partition coefficient (Wildman–Crippen LogP) is 4.47. The molecule has 0 unspecified atom stereocenters. The number of hydrogen-bond donors (Lipinski definition) is 0. The Hall–Kier alpha value is -1.48. The van der Waals surface area contributed by atoms with Gasteiger partial charge in [-0.15, -0.1) is 41.1 Å². The van der Waals surface area contributed by atoms with Crippen LogP contribution in [0.2, 0.25) is 0 Å². The molecule has 0 saturated heterocycles. The second kappa shape index (κ2) is 11.6. The molecule has 0 aliphatic rings. The quantitative estimate of drug-likeness (QED) is 0.462. The van der Waals surface area contributed by atoms with E-state index >= 15 is 0 Å². The van der Waals surface area contributed by atoms with Crippen molar-refractivity contribution in [3.05, 3.63) is 80.2 Å². The van der Waals surface area contributed by atoms with Gasteiger partial charge in [0.25, 0.3) is 0 Å². The molecule has 2 aromatic carbocycles. The van der Waals surface area contributed by atoms with Crippen molar-refractivity contribution in [3.63, 3.8) is 0 Å². The zero-order valence-corrected chi connectivity index (χ0v) is 11.6. The monoisotopic (exact) mass is 388 g/mol. The van der Waals surface area contributed by atoms with Gasteiger partial charge in [0.1, 0.15) is 0 Å². The van der Waals surface area contributed by atoms with Crippen LogP contribution in [0.3, 0.4) is 0 Å². The van der Waals surface area contributed by atoms with Gasteiger partial charge in [0.2, 0.25) is 0 Å². The summed E-state index contributed by atoms with van der Waals surface area (Å²) in [6, 6.07) is 14.7. The zero-order chi connectivity index (χ0) is 11.5. The second-order valence-electron chi connectivity index (χ2n) is 2.65. The van der Waals surface area contributed by atoms with E-state index in [-0.39, 0.29) is 20.1 Å². The number of benzene rings is 1. The summed E-state index contributed by atoms with van der Waals surface area (Å²) in [4.78, 5) is 0. The Kier molecular flexibility index (Phi) is 12.3. The van der Waals surface area contributed by atoms with Gasteiger partial charge in [0.15, 0.2) is 0 Å². The molecule has 0 atom stereocenters. The van der Waals surface area contributed by atoms with Gasteiger partial charge in [-0.1, -0.05) is 32.4 Å². The van der Waals surface area contributed by atoms with E-state index in [2.05, 4.69) is 80.2 Å². The molecule has 1 heteroatoms. The van der Waals surface area contributed by atoms with E-state index in [1.807, 2.05) is 0 Å². The van der Waals surface area contributed by atoms with E-state index in [0.29, 0.717) is 0 Å². The first-order valence-corrected chi connectivity index (χ1v) is 4.49. The van der Waals surface area contributed by atoms with Gasteiger partial charge in [-0.05, 0) is 0 Å². The maximum Gasteiger partial charge on any atom is 0 e. The normalized spacial score (nSPS) is 6.75. The van der Waals surface area contributed by atoms with Crippen LogP contribution in [0.5, 0.6) is 0 Å². The minimum Gasteiger partial charge on any atom is -0.168 e. The first-order valence-electron chi connectivity index (χ1n) is 4.49. The summed E-state index contributed by atoms with van der Waals surface area (Å²) in [6.45, 7) is 12.5. The fraction of sp³-hybridized carbons (Fsp3) is 0. The molecule has 2 aromatic rings. The average Bonchev–Trinajstić information content (AvgIpc) is 2.67. The van der Waals surface area contributed by atoms with E-state index in [1.165, 1.54) is 10.8 Å². The van der Waals surface area contributed by atoms with Crippen molar-refractivity contribution in [2.24, 2.45) is 0 Å². The molecule has 85 valence electrons. The van der Waals surface area contributed by atoms with E-state index in [9.17, 15) is 0 Å². The molecule has 2 rings (SSSR count). The van der Waals surface area contributed by atoms with Gasteiger partial charge >= 0.3 is 0 Å². The molecular formula is C15H15Ir-. The van der Waals surface area contributed by atoms with Crippen LogP contribution in [-0.4, -0.2) is 0 Å². The number of fused-ring (bicyclic) bond motifs is 1. The van der Waals surface area contributed by atoms with E-state index in [4.69, 9.17) is 0 Å². The second-order valence-corrected chi connectivity index (χ2v) is 2.65. The maximum atomic E-state index is 3.12. The molecule has 0 nitrogen and oxygen atoms in total. The van der Waals surface area contributed by atoms with Crippen molar-refractivity contribution in [1.29, 1.82) is 0 Å². The van der Waals surface area contributed by atoms with Gasteiger partial charge in [0.05, 0.1) is 0 Å². The van der Waals surface area contributed by atoms with Gasteiger partial charge in [0, 0.05) is 20.1 Å². The third-order valence-electron chi connectivity index (χ3n) is 1.55. The van der Waals surface area contributed by atoms with Gasteiger partial charge in [-0.3, -0.25) is 0 Å². The Labute approximate surface area is 111 Å². The van der Waals surface area contributed by atoms with Crippen LogP contribution in [0.1, 0.15) is 0 Å². The van der Waals surface area contributed by atoms with E-state index < -0.39 is 0 Å². The molecule has 0 aliphatic carbocycles. The summed E-state index contributed by atoms with van der Waals surface area (Å²) in [5.41, 5.74) is 4.50. The summed E-state index contributed by atoms with van der Waals surface area (Å²) in [7, 11) is 0. The summed E-state index contributed by atoms with van der Waals surface area (Å²) < 4.78 is 0. The summed E-state index contributed by atoms with van der Waals surface area (Å²) in [5.74, 6) is 0. The van der Waals surface area contributed by atoms with Gasteiger partial charge in [-0.25, -0.2) is 0 Å². The van der Waals surface area contributed by atoms with Crippen LogP contribution in [-0.2, 0) is 20.1 Å².